The molecular weight excluding hydrogens is 379 g/mol. The van der Waals surface area contributed by atoms with Gasteiger partial charge in [0, 0.05) is 30.6 Å². The predicted octanol–water partition coefficient (Wildman–Crippen LogP) is -5.47. The first kappa shape index (κ1) is 29.9. The van der Waals surface area contributed by atoms with Crippen molar-refractivity contribution in [2.45, 2.75) is 53.6 Å². The van der Waals surface area contributed by atoms with Crippen molar-refractivity contribution >= 4 is 11.4 Å². The van der Waals surface area contributed by atoms with Gasteiger partial charge in [0.2, 0.25) is 0 Å². The Morgan fingerprint density at radius 1 is 0.818 bits per heavy atom. The Morgan fingerprint density at radius 3 is 1.41 bits per heavy atom. The summed E-state index contributed by atoms with van der Waals surface area (Å²) in [6, 6.07) is 6.58. The summed E-state index contributed by atoms with van der Waals surface area (Å²) in [7, 11) is 0. The molecule has 1 radical (unpaired) electrons. The van der Waals surface area contributed by atoms with Gasteiger partial charge in [-0.15, -0.1) is 0 Å². The van der Waals surface area contributed by atoms with Crippen LogP contribution in [0.4, 0.5) is 0 Å². The molecular formula is C15H23Cl3N3V-3. The molecule has 0 fully saturated rings. The number of pyridine rings is 1. The fraction of sp³-hybridized carbons (Fsp3) is 0.533. The number of rotatable bonds is 4. The average molecular weight is 403 g/mol. The van der Waals surface area contributed by atoms with Crippen LogP contribution in [0.2, 0.25) is 0 Å². The van der Waals surface area contributed by atoms with Gasteiger partial charge >= 0.3 is 0 Å². The normalized spacial score (nSPS) is 11.1. The van der Waals surface area contributed by atoms with Gasteiger partial charge in [-0.25, -0.2) is 4.98 Å². The molecule has 22 heavy (non-hydrogen) atoms. The maximum Gasteiger partial charge on any atom is 0.0845 e. The summed E-state index contributed by atoms with van der Waals surface area (Å²) in [5, 5.41) is 0. The van der Waals surface area contributed by atoms with Crippen LogP contribution in [-0.2, 0) is 18.6 Å². The Kier molecular flexibility index (Phi) is 19.7. The monoisotopic (exact) mass is 401 g/mol. The van der Waals surface area contributed by atoms with Crippen molar-refractivity contribution in [3.63, 3.8) is 0 Å². The minimum atomic E-state index is 0. The third kappa shape index (κ3) is 10.6. The van der Waals surface area contributed by atoms with Crippen LogP contribution in [-0.4, -0.2) is 28.5 Å². The van der Waals surface area contributed by atoms with Crippen molar-refractivity contribution < 1.29 is 55.8 Å². The molecule has 0 aliphatic rings. The molecule has 1 aromatic rings. The Morgan fingerprint density at radius 2 is 1.14 bits per heavy atom. The van der Waals surface area contributed by atoms with Gasteiger partial charge < -0.3 is 37.2 Å². The van der Waals surface area contributed by atoms with E-state index in [0.717, 1.165) is 22.8 Å². The summed E-state index contributed by atoms with van der Waals surface area (Å²) < 4.78 is 0. The van der Waals surface area contributed by atoms with Crippen LogP contribution in [0.3, 0.4) is 0 Å². The summed E-state index contributed by atoms with van der Waals surface area (Å²) in [5.74, 6) is 0. The van der Waals surface area contributed by atoms with E-state index in [9.17, 15) is 0 Å². The molecule has 0 saturated carbocycles. The first-order valence-corrected chi connectivity index (χ1v) is 6.46. The van der Waals surface area contributed by atoms with Crippen molar-refractivity contribution in [3.05, 3.63) is 29.6 Å². The number of halogens is 3. The maximum atomic E-state index is 4.62. The third-order valence-electron chi connectivity index (χ3n) is 2.39. The van der Waals surface area contributed by atoms with Crippen LogP contribution < -0.4 is 37.2 Å². The molecule has 1 rings (SSSR count). The molecule has 0 unspecified atom stereocenters. The smallest absolute Gasteiger partial charge is 0.0845 e. The molecule has 0 amide bonds. The van der Waals surface area contributed by atoms with Crippen molar-refractivity contribution in [1.29, 1.82) is 0 Å². The summed E-state index contributed by atoms with van der Waals surface area (Å²) in [6.45, 7) is 12.3. The number of hydrogen-bond donors (Lipinski definition) is 0. The molecule has 0 aliphatic carbocycles. The molecule has 3 nitrogen and oxygen atoms in total. The quantitative estimate of drug-likeness (QED) is 0.463. The molecule has 1 heterocycles. The largest absolute Gasteiger partial charge is 1.00 e. The van der Waals surface area contributed by atoms with E-state index in [-0.39, 0.29) is 55.8 Å². The van der Waals surface area contributed by atoms with Gasteiger partial charge in [0.15, 0.2) is 0 Å². The van der Waals surface area contributed by atoms with E-state index in [1.54, 1.807) is 0 Å². The van der Waals surface area contributed by atoms with Crippen LogP contribution in [0, 0.1) is 0 Å². The summed E-state index contributed by atoms with van der Waals surface area (Å²) in [5.41, 5.74) is 3.81. The van der Waals surface area contributed by atoms with Gasteiger partial charge in [0.05, 0.1) is 22.8 Å². The Balaban J connectivity index is -0.000000405. The topological polar surface area (TPSA) is 37.6 Å². The van der Waals surface area contributed by atoms with Crippen LogP contribution in [0.1, 0.15) is 52.9 Å². The zero-order chi connectivity index (χ0) is 13.7. The second kappa shape index (κ2) is 14.5. The zero-order valence-electron chi connectivity index (χ0n) is 13.8. The van der Waals surface area contributed by atoms with Gasteiger partial charge in [0.1, 0.15) is 0 Å². The van der Waals surface area contributed by atoms with Crippen LogP contribution in [0.15, 0.2) is 28.2 Å². The average Bonchev–Trinajstić information content (AvgIpc) is 2.27. The number of aliphatic imine (C=N–C) groups is 2. The molecule has 0 spiro atoms. The number of hydrogen-bond acceptors (Lipinski definition) is 3. The van der Waals surface area contributed by atoms with Gasteiger partial charge in [-0.2, -0.15) is 0 Å². The van der Waals surface area contributed by atoms with Gasteiger partial charge in [-0.05, 0) is 53.7 Å². The molecule has 127 valence electrons. The van der Waals surface area contributed by atoms with E-state index in [4.69, 9.17) is 0 Å². The number of aromatic nitrogens is 1. The molecule has 0 atom stereocenters. The van der Waals surface area contributed by atoms with Crippen LogP contribution in [0.5, 0.6) is 0 Å². The Bertz CT molecular complexity index is 436. The molecule has 0 saturated heterocycles. The maximum absolute atomic E-state index is 4.62. The Labute approximate surface area is 165 Å². The predicted molar refractivity (Wildman–Crippen MR) is 78.9 cm³/mol. The molecule has 7 heteroatoms. The Hall–Kier alpha value is -0.0556. The van der Waals surface area contributed by atoms with E-state index in [2.05, 4.69) is 42.7 Å². The van der Waals surface area contributed by atoms with E-state index in [1.807, 2.05) is 32.0 Å². The molecule has 0 aromatic carbocycles. The van der Waals surface area contributed by atoms with E-state index < -0.39 is 0 Å². The second-order valence-corrected chi connectivity index (χ2v) is 5.02. The molecule has 0 aliphatic heterocycles. The minimum Gasteiger partial charge on any atom is -1.00 e. The standard InChI is InChI=1S/C15H23N3.3ClH.V/c1-10(2)16-12(5)14-8-7-9-15(18-14)13(6)17-11(3)4;;;;/h7-11H,1-6H3;3*1H;/p-3. The molecule has 0 bridgehead atoms. The van der Waals surface area contributed by atoms with E-state index in [0.29, 0.717) is 12.1 Å². The van der Waals surface area contributed by atoms with E-state index >= 15 is 0 Å². The first-order chi connectivity index (χ1) is 8.40. The van der Waals surface area contributed by atoms with Crippen LogP contribution >= 0.6 is 0 Å². The van der Waals surface area contributed by atoms with Crippen molar-refractivity contribution in [3.8, 4) is 0 Å². The second-order valence-electron chi connectivity index (χ2n) is 5.02. The van der Waals surface area contributed by atoms with Crippen molar-refractivity contribution in [2.24, 2.45) is 9.98 Å². The van der Waals surface area contributed by atoms with Gasteiger partial charge in [-0.1, -0.05) is 6.07 Å². The number of nitrogens with zero attached hydrogens (tertiary/aromatic N) is 3. The summed E-state index contributed by atoms with van der Waals surface area (Å²) >= 11 is 0. The summed E-state index contributed by atoms with van der Waals surface area (Å²) in [6.07, 6.45) is 0. The fourth-order valence-corrected chi connectivity index (χ4v) is 1.74. The molecule has 0 N–H and O–H groups in total. The van der Waals surface area contributed by atoms with Crippen molar-refractivity contribution in [1.82, 2.24) is 4.98 Å². The van der Waals surface area contributed by atoms with Crippen LogP contribution in [0.25, 0.3) is 0 Å². The van der Waals surface area contributed by atoms with Gasteiger partial charge in [-0.3, -0.25) is 9.98 Å². The van der Waals surface area contributed by atoms with E-state index in [1.165, 1.54) is 0 Å². The summed E-state index contributed by atoms with van der Waals surface area (Å²) in [4.78, 5) is 13.7. The first-order valence-electron chi connectivity index (χ1n) is 6.46. The minimum absolute atomic E-state index is 0. The molecule has 1 aromatic heterocycles. The zero-order valence-corrected chi connectivity index (χ0v) is 17.5. The van der Waals surface area contributed by atoms with Crippen molar-refractivity contribution in [2.75, 3.05) is 0 Å². The fourth-order valence-electron chi connectivity index (χ4n) is 1.74. The SMILES string of the molecule is CC(=NC(C)C)c1cccc(C(C)=NC(C)C)n1.[Cl-].[Cl-].[Cl-].[V]. The van der Waals surface area contributed by atoms with Gasteiger partial charge in [0.25, 0.3) is 0 Å². The third-order valence-corrected chi connectivity index (χ3v) is 2.39.